The maximum Gasteiger partial charge on any atom is 0.315 e. The van der Waals surface area contributed by atoms with Crippen LogP contribution in [0, 0.1) is 13.8 Å². The molecule has 0 bridgehead atoms. The minimum Gasteiger partial charge on any atom is -0.481 e. The highest BCUT2D eigenvalue weighted by Gasteiger charge is 2.10. The lowest BCUT2D eigenvalue weighted by molar-refractivity contribution is -0.136. The van der Waals surface area contributed by atoms with Crippen molar-refractivity contribution in [3.8, 4) is 0 Å². The molecule has 2 amide bonds. The number of hydrogen-bond donors (Lipinski definition) is 3. The van der Waals surface area contributed by atoms with Gasteiger partial charge < -0.3 is 15.7 Å². The van der Waals surface area contributed by atoms with Gasteiger partial charge in [-0.05, 0) is 26.3 Å². The number of carboxylic acids is 1. The fraction of sp³-hybridized carbons (Fsp3) is 0.429. The zero-order valence-electron chi connectivity index (χ0n) is 11.5. The zero-order chi connectivity index (χ0) is 14.4. The summed E-state index contributed by atoms with van der Waals surface area (Å²) in [5, 5.41) is 13.8. The number of aryl methyl sites for hydroxylation is 2. The molecule has 5 nitrogen and oxygen atoms in total. The fourth-order valence-corrected chi connectivity index (χ4v) is 1.87. The smallest absolute Gasteiger partial charge is 0.315 e. The molecule has 3 N–H and O–H groups in total. The van der Waals surface area contributed by atoms with E-state index in [2.05, 4.69) is 16.7 Å². The first-order chi connectivity index (χ1) is 8.88. The van der Waals surface area contributed by atoms with Gasteiger partial charge in [0.05, 0.1) is 12.5 Å². The van der Waals surface area contributed by atoms with E-state index in [0.29, 0.717) is 0 Å². The molecule has 1 aromatic rings. The van der Waals surface area contributed by atoms with Crippen LogP contribution in [0.5, 0.6) is 0 Å². The molecular formula is C14H20N2O3. The molecule has 19 heavy (non-hydrogen) atoms. The first kappa shape index (κ1) is 15.0. The number of aliphatic carboxylic acids is 1. The van der Waals surface area contributed by atoms with Crippen LogP contribution in [-0.2, 0) is 4.79 Å². The number of amides is 2. The Kier molecular flexibility index (Phi) is 5.36. The van der Waals surface area contributed by atoms with Gasteiger partial charge in [0.1, 0.15) is 0 Å². The van der Waals surface area contributed by atoms with Crippen molar-refractivity contribution in [3.63, 3.8) is 0 Å². The molecule has 1 aromatic carbocycles. The van der Waals surface area contributed by atoms with Crippen molar-refractivity contribution >= 4 is 12.0 Å². The molecule has 0 aliphatic carbocycles. The molecule has 0 heterocycles. The Hall–Kier alpha value is -2.04. The van der Waals surface area contributed by atoms with Crippen LogP contribution in [0.4, 0.5) is 4.79 Å². The summed E-state index contributed by atoms with van der Waals surface area (Å²) in [4.78, 5) is 21.9. The van der Waals surface area contributed by atoms with E-state index in [1.54, 1.807) is 0 Å². The number of rotatable bonds is 5. The fourth-order valence-electron chi connectivity index (χ4n) is 1.87. The number of carbonyl (C=O) groups is 2. The third kappa shape index (κ3) is 5.42. The van der Waals surface area contributed by atoms with Crippen LogP contribution in [0.2, 0.25) is 0 Å². The Morgan fingerprint density at radius 2 is 1.79 bits per heavy atom. The molecule has 0 saturated carbocycles. The Morgan fingerprint density at radius 1 is 1.21 bits per heavy atom. The Morgan fingerprint density at radius 3 is 2.32 bits per heavy atom. The summed E-state index contributed by atoms with van der Waals surface area (Å²) in [7, 11) is 0. The van der Waals surface area contributed by atoms with E-state index in [9.17, 15) is 9.59 Å². The van der Waals surface area contributed by atoms with Crippen LogP contribution in [-0.4, -0.2) is 23.7 Å². The number of carbonyl (C=O) groups excluding carboxylic acids is 1. The maximum absolute atomic E-state index is 11.6. The summed E-state index contributed by atoms with van der Waals surface area (Å²) < 4.78 is 0. The Balaban J connectivity index is 2.51. The van der Waals surface area contributed by atoms with Crippen molar-refractivity contribution in [1.29, 1.82) is 0 Å². The van der Waals surface area contributed by atoms with Crippen LogP contribution in [0.25, 0.3) is 0 Å². The molecule has 0 aromatic heterocycles. The minimum atomic E-state index is -0.928. The monoisotopic (exact) mass is 264 g/mol. The minimum absolute atomic E-state index is 0.0780. The van der Waals surface area contributed by atoms with Gasteiger partial charge in [0.2, 0.25) is 0 Å². The Labute approximate surface area is 113 Å². The van der Waals surface area contributed by atoms with E-state index in [1.165, 1.54) is 0 Å². The van der Waals surface area contributed by atoms with E-state index < -0.39 is 5.97 Å². The standard InChI is InChI=1S/C14H20N2O3/c1-9-6-10(2)8-12(7-9)11(3)16-14(19)15-5-4-13(17)18/h6-8,11H,4-5H2,1-3H3,(H,17,18)(H2,15,16,19). The summed E-state index contributed by atoms with van der Waals surface area (Å²) in [5.41, 5.74) is 3.33. The molecule has 1 unspecified atom stereocenters. The van der Waals surface area contributed by atoms with Gasteiger partial charge in [-0.3, -0.25) is 4.79 Å². The SMILES string of the molecule is Cc1cc(C)cc(C(C)NC(=O)NCCC(=O)O)c1. The van der Waals surface area contributed by atoms with Crippen molar-refractivity contribution in [2.45, 2.75) is 33.2 Å². The maximum atomic E-state index is 11.6. The van der Waals surface area contributed by atoms with Crippen LogP contribution in [0.1, 0.15) is 36.1 Å². The second kappa shape index (κ2) is 6.78. The van der Waals surface area contributed by atoms with Gasteiger partial charge in [0, 0.05) is 6.54 Å². The molecule has 5 heteroatoms. The summed E-state index contributed by atoms with van der Waals surface area (Å²) in [6.45, 7) is 6.04. The van der Waals surface area contributed by atoms with E-state index in [0.717, 1.165) is 16.7 Å². The van der Waals surface area contributed by atoms with Gasteiger partial charge in [-0.15, -0.1) is 0 Å². The Bertz CT molecular complexity index is 452. The largest absolute Gasteiger partial charge is 0.481 e. The number of nitrogens with one attached hydrogen (secondary N) is 2. The van der Waals surface area contributed by atoms with E-state index in [1.807, 2.05) is 32.9 Å². The van der Waals surface area contributed by atoms with Gasteiger partial charge >= 0.3 is 12.0 Å². The van der Waals surface area contributed by atoms with Crippen molar-refractivity contribution in [3.05, 3.63) is 34.9 Å². The van der Waals surface area contributed by atoms with Crippen molar-refractivity contribution in [2.24, 2.45) is 0 Å². The van der Waals surface area contributed by atoms with Crippen LogP contribution >= 0.6 is 0 Å². The lowest BCUT2D eigenvalue weighted by Crippen LogP contribution is -2.38. The lowest BCUT2D eigenvalue weighted by atomic mass is 10.0. The zero-order valence-corrected chi connectivity index (χ0v) is 11.5. The third-order valence-corrected chi connectivity index (χ3v) is 2.72. The molecule has 104 valence electrons. The summed E-state index contributed by atoms with van der Waals surface area (Å²) >= 11 is 0. The molecule has 0 saturated heterocycles. The predicted molar refractivity (Wildman–Crippen MR) is 73.1 cm³/mol. The summed E-state index contributed by atoms with van der Waals surface area (Å²) in [6, 6.07) is 5.64. The van der Waals surface area contributed by atoms with E-state index in [4.69, 9.17) is 5.11 Å². The van der Waals surface area contributed by atoms with Gasteiger partial charge in [0.25, 0.3) is 0 Å². The highest BCUT2D eigenvalue weighted by atomic mass is 16.4. The molecule has 1 rings (SSSR count). The first-order valence-corrected chi connectivity index (χ1v) is 6.23. The van der Waals surface area contributed by atoms with Crippen molar-refractivity contribution < 1.29 is 14.7 Å². The highest BCUT2D eigenvalue weighted by Crippen LogP contribution is 2.16. The normalized spacial score (nSPS) is 11.7. The van der Waals surface area contributed by atoms with E-state index >= 15 is 0 Å². The first-order valence-electron chi connectivity index (χ1n) is 6.23. The molecule has 0 spiro atoms. The average molecular weight is 264 g/mol. The van der Waals surface area contributed by atoms with Gasteiger partial charge in [-0.1, -0.05) is 29.3 Å². The van der Waals surface area contributed by atoms with Crippen molar-refractivity contribution in [1.82, 2.24) is 10.6 Å². The molecular weight excluding hydrogens is 244 g/mol. The van der Waals surface area contributed by atoms with Gasteiger partial charge in [-0.2, -0.15) is 0 Å². The topological polar surface area (TPSA) is 78.4 Å². The lowest BCUT2D eigenvalue weighted by Gasteiger charge is -2.16. The van der Waals surface area contributed by atoms with Crippen LogP contribution < -0.4 is 10.6 Å². The number of hydrogen-bond acceptors (Lipinski definition) is 2. The second-order valence-electron chi connectivity index (χ2n) is 4.69. The average Bonchev–Trinajstić information content (AvgIpc) is 2.26. The van der Waals surface area contributed by atoms with E-state index in [-0.39, 0.29) is 25.0 Å². The number of urea groups is 1. The summed E-state index contributed by atoms with van der Waals surface area (Å²) in [6.07, 6.45) is -0.0780. The molecule has 1 atom stereocenters. The number of carboxylic acid groups (broad SMARTS) is 1. The predicted octanol–water partition coefficient (Wildman–Crippen LogP) is 2.14. The van der Waals surface area contributed by atoms with Gasteiger partial charge in [-0.25, -0.2) is 4.79 Å². The molecule has 0 aliphatic heterocycles. The molecule has 0 aliphatic rings. The van der Waals surface area contributed by atoms with Crippen LogP contribution in [0.3, 0.4) is 0 Å². The summed E-state index contributed by atoms with van der Waals surface area (Å²) in [5.74, 6) is -0.928. The third-order valence-electron chi connectivity index (χ3n) is 2.72. The van der Waals surface area contributed by atoms with Crippen LogP contribution in [0.15, 0.2) is 18.2 Å². The number of benzene rings is 1. The van der Waals surface area contributed by atoms with Crippen molar-refractivity contribution in [2.75, 3.05) is 6.54 Å². The second-order valence-corrected chi connectivity index (χ2v) is 4.69. The molecule has 0 radical (unpaired) electrons. The highest BCUT2D eigenvalue weighted by molar-refractivity contribution is 5.75. The quantitative estimate of drug-likeness (QED) is 0.762. The van der Waals surface area contributed by atoms with Gasteiger partial charge in [0.15, 0.2) is 0 Å². The molecule has 0 fully saturated rings.